The molecule has 7 heteroatoms. The molecule has 0 aliphatic rings. The number of amides is 1. The van der Waals surface area contributed by atoms with Gasteiger partial charge in [0.2, 0.25) is 5.91 Å². The number of aryl methyl sites for hydroxylation is 1. The molecule has 1 aromatic carbocycles. The third kappa shape index (κ3) is 2.39. The topological polar surface area (TPSA) is 99.8 Å². The van der Waals surface area contributed by atoms with Gasteiger partial charge in [-0.3, -0.25) is 4.79 Å². The molecule has 0 unspecified atom stereocenters. The molecule has 0 saturated carbocycles. The summed E-state index contributed by atoms with van der Waals surface area (Å²) in [6.45, 7) is 0. The first-order valence-corrected chi connectivity index (χ1v) is 5.61. The highest BCUT2D eigenvalue weighted by Gasteiger charge is 2.12. The number of hydrogen-bond donors (Lipinski definition) is 2. The maximum absolute atomic E-state index is 11.3. The van der Waals surface area contributed by atoms with Gasteiger partial charge in [0.05, 0.1) is 5.56 Å². The summed E-state index contributed by atoms with van der Waals surface area (Å²) >= 11 is 1.30. The average molecular weight is 249 g/mol. The zero-order valence-electron chi connectivity index (χ0n) is 9.12. The molecule has 2 aromatic rings. The molecule has 0 radical (unpaired) electrons. The summed E-state index contributed by atoms with van der Waals surface area (Å²) in [6, 6.07) is 4.94. The quantitative estimate of drug-likeness (QED) is 0.778. The van der Waals surface area contributed by atoms with E-state index < -0.39 is 5.91 Å². The Morgan fingerprint density at radius 2 is 2.24 bits per heavy atom. The molecule has 0 spiro atoms. The summed E-state index contributed by atoms with van der Waals surface area (Å²) in [5.41, 5.74) is 12.0. The second-order valence-electron chi connectivity index (χ2n) is 3.39. The van der Waals surface area contributed by atoms with Crippen molar-refractivity contribution in [2.45, 2.75) is 10.1 Å². The van der Waals surface area contributed by atoms with Crippen molar-refractivity contribution in [2.75, 3.05) is 5.73 Å². The normalized spacial score (nSPS) is 10.4. The van der Waals surface area contributed by atoms with Crippen LogP contribution in [0, 0.1) is 0 Å². The zero-order valence-corrected chi connectivity index (χ0v) is 9.94. The highest BCUT2D eigenvalue weighted by molar-refractivity contribution is 7.99. The average Bonchev–Trinajstić information content (AvgIpc) is 2.64. The Hall–Kier alpha value is -2.02. The summed E-state index contributed by atoms with van der Waals surface area (Å²) in [5.74, 6) is -0.491. The molecule has 0 fully saturated rings. The largest absolute Gasteiger partial charge is 0.399 e. The van der Waals surface area contributed by atoms with E-state index in [4.69, 9.17) is 11.5 Å². The second kappa shape index (κ2) is 4.46. The molecule has 1 aromatic heterocycles. The number of hydrogen-bond acceptors (Lipinski definition) is 5. The van der Waals surface area contributed by atoms with Crippen LogP contribution in [0.1, 0.15) is 10.4 Å². The fourth-order valence-electron chi connectivity index (χ4n) is 1.30. The summed E-state index contributed by atoms with van der Waals surface area (Å²) in [7, 11) is 1.77. The molecule has 1 amide bonds. The highest BCUT2D eigenvalue weighted by atomic mass is 32.2. The number of nitrogens with two attached hydrogens (primary N) is 2. The van der Waals surface area contributed by atoms with Crippen molar-refractivity contribution in [3.63, 3.8) is 0 Å². The van der Waals surface area contributed by atoms with E-state index in [0.29, 0.717) is 21.3 Å². The Balaban J connectivity index is 2.41. The second-order valence-corrected chi connectivity index (χ2v) is 4.40. The minimum atomic E-state index is -0.491. The lowest BCUT2D eigenvalue weighted by molar-refractivity contribution is 0.0997. The number of rotatable bonds is 3. The Bertz CT molecular complexity index is 566. The lowest BCUT2D eigenvalue weighted by atomic mass is 10.2. The summed E-state index contributed by atoms with van der Waals surface area (Å²) in [6.07, 6.45) is 1.44. The maximum atomic E-state index is 11.3. The van der Waals surface area contributed by atoms with Gasteiger partial charge in [0.15, 0.2) is 5.16 Å². The van der Waals surface area contributed by atoms with E-state index in [-0.39, 0.29) is 0 Å². The number of carbonyl (C=O) groups excluding carboxylic acids is 1. The third-order valence-electron chi connectivity index (χ3n) is 2.14. The zero-order chi connectivity index (χ0) is 12.4. The van der Waals surface area contributed by atoms with Gasteiger partial charge in [-0.1, -0.05) is 0 Å². The number of carbonyl (C=O) groups is 1. The molecular formula is C10H11N5OS. The number of nitrogen functional groups attached to an aromatic ring is 1. The van der Waals surface area contributed by atoms with Crippen LogP contribution in [0.3, 0.4) is 0 Å². The monoisotopic (exact) mass is 249 g/mol. The first kappa shape index (κ1) is 11.5. The molecule has 0 aliphatic heterocycles. The van der Waals surface area contributed by atoms with E-state index in [1.165, 1.54) is 18.1 Å². The van der Waals surface area contributed by atoms with Gasteiger partial charge in [-0.25, -0.2) is 9.67 Å². The number of benzene rings is 1. The molecule has 2 rings (SSSR count). The first-order chi connectivity index (χ1) is 8.08. The van der Waals surface area contributed by atoms with Crippen LogP contribution >= 0.6 is 11.8 Å². The van der Waals surface area contributed by atoms with Crippen LogP contribution in [0.4, 0.5) is 5.69 Å². The Morgan fingerprint density at radius 3 is 2.82 bits per heavy atom. The van der Waals surface area contributed by atoms with Crippen molar-refractivity contribution >= 4 is 23.4 Å². The van der Waals surface area contributed by atoms with Gasteiger partial charge in [0.1, 0.15) is 6.33 Å². The molecule has 0 atom stereocenters. The van der Waals surface area contributed by atoms with Crippen molar-refractivity contribution in [3.8, 4) is 0 Å². The van der Waals surface area contributed by atoms with Crippen molar-refractivity contribution in [2.24, 2.45) is 12.8 Å². The van der Waals surface area contributed by atoms with E-state index in [9.17, 15) is 4.79 Å². The molecule has 6 nitrogen and oxygen atoms in total. The molecular weight excluding hydrogens is 238 g/mol. The van der Waals surface area contributed by atoms with Crippen molar-refractivity contribution in [1.29, 1.82) is 0 Å². The Kier molecular flexibility index (Phi) is 3.01. The van der Waals surface area contributed by atoms with Crippen LogP contribution in [0.15, 0.2) is 34.6 Å². The number of primary amides is 1. The number of anilines is 1. The Morgan fingerprint density at radius 1 is 1.47 bits per heavy atom. The van der Waals surface area contributed by atoms with Gasteiger partial charge in [-0.05, 0) is 30.0 Å². The van der Waals surface area contributed by atoms with Gasteiger partial charge in [-0.15, -0.1) is 0 Å². The van der Waals surface area contributed by atoms with Gasteiger partial charge in [0, 0.05) is 17.6 Å². The number of aromatic nitrogens is 3. The van der Waals surface area contributed by atoms with Crippen LogP contribution in [-0.2, 0) is 7.05 Å². The molecule has 17 heavy (non-hydrogen) atoms. The van der Waals surface area contributed by atoms with E-state index in [0.717, 1.165) is 0 Å². The fraction of sp³-hybridized carbons (Fsp3) is 0.100. The van der Waals surface area contributed by atoms with Crippen LogP contribution in [0.5, 0.6) is 0 Å². The van der Waals surface area contributed by atoms with Crippen molar-refractivity contribution in [1.82, 2.24) is 14.8 Å². The minimum absolute atomic E-state index is 0.423. The van der Waals surface area contributed by atoms with E-state index >= 15 is 0 Å². The summed E-state index contributed by atoms with van der Waals surface area (Å²) in [5, 5.41) is 4.61. The highest BCUT2D eigenvalue weighted by Crippen LogP contribution is 2.29. The fourth-order valence-corrected chi connectivity index (χ4v) is 2.25. The van der Waals surface area contributed by atoms with E-state index in [1.54, 1.807) is 29.9 Å². The van der Waals surface area contributed by atoms with Crippen LogP contribution in [0.25, 0.3) is 0 Å². The number of nitrogens with zero attached hydrogens (tertiary/aromatic N) is 3. The van der Waals surface area contributed by atoms with Crippen LogP contribution in [0.2, 0.25) is 0 Å². The van der Waals surface area contributed by atoms with Crippen molar-refractivity contribution in [3.05, 3.63) is 30.1 Å². The van der Waals surface area contributed by atoms with E-state index in [2.05, 4.69) is 10.1 Å². The molecule has 88 valence electrons. The van der Waals surface area contributed by atoms with Gasteiger partial charge >= 0.3 is 0 Å². The molecule has 0 saturated heterocycles. The first-order valence-electron chi connectivity index (χ1n) is 4.79. The smallest absolute Gasteiger partial charge is 0.249 e. The minimum Gasteiger partial charge on any atom is -0.399 e. The lowest BCUT2D eigenvalue weighted by Crippen LogP contribution is -2.12. The Labute approximate surface area is 102 Å². The predicted octanol–water partition coefficient (Wildman–Crippen LogP) is 0.647. The van der Waals surface area contributed by atoms with Gasteiger partial charge in [0.25, 0.3) is 0 Å². The molecule has 0 aliphatic carbocycles. The standard InChI is InChI=1S/C10H11N5OS/c1-15-10(13-5-14-15)17-8-4-6(11)2-3-7(8)9(12)16/h2-5H,11H2,1H3,(H2,12,16). The van der Waals surface area contributed by atoms with Crippen LogP contribution in [-0.4, -0.2) is 20.7 Å². The van der Waals surface area contributed by atoms with Gasteiger partial charge < -0.3 is 11.5 Å². The SMILES string of the molecule is Cn1ncnc1Sc1cc(N)ccc1C(N)=O. The molecule has 4 N–H and O–H groups in total. The summed E-state index contributed by atoms with van der Waals surface area (Å²) in [4.78, 5) is 16.0. The third-order valence-corrected chi connectivity index (χ3v) is 3.25. The van der Waals surface area contributed by atoms with E-state index in [1.807, 2.05) is 0 Å². The lowest BCUT2D eigenvalue weighted by Gasteiger charge is -2.06. The van der Waals surface area contributed by atoms with Gasteiger partial charge in [-0.2, -0.15) is 5.10 Å². The predicted molar refractivity (Wildman–Crippen MR) is 64.5 cm³/mol. The molecule has 0 bridgehead atoms. The molecule has 1 heterocycles. The van der Waals surface area contributed by atoms with Crippen molar-refractivity contribution < 1.29 is 4.79 Å². The summed E-state index contributed by atoms with van der Waals surface area (Å²) < 4.78 is 1.61. The maximum Gasteiger partial charge on any atom is 0.249 e. The van der Waals surface area contributed by atoms with Crippen LogP contribution < -0.4 is 11.5 Å².